The van der Waals surface area contributed by atoms with Crippen LogP contribution in [0.4, 0.5) is 11.4 Å². The van der Waals surface area contributed by atoms with Gasteiger partial charge in [-0.2, -0.15) is 0 Å². The Morgan fingerprint density at radius 2 is 1.97 bits per heavy atom. The molecule has 31 heavy (non-hydrogen) atoms. The fourth-order valence-electron chi connectivity index (χ4n) is 2.94. The van der Waals surface area contributed by atoms with Crippen molar-refractivity contribution in [1.82, 2.24) is 10.4 Å². The Balaban J connectivity index is 1.40. The Hall–Kier alpha value is -4.20. The van der Waals surface area contributed by atoms with Crippen LogP contribution in [-0.4, -0.2) is 29.2 Å². The number of rotatable bonds is 6. The van der Waals surface area contributed by atoms with E-state index in [1.165, 1.54) is 5.01 Å². The molecule has 0 radical (unpaired) electrons. The van der Waals surface area contributed by atoms with Gasteiger partial charge in [-0.15, -0.1) is 0 Å². The molecule has 156 valence electrons. The van der Waals surface area contributed by atoms with Crippen molar-refractivity contribution in [2.45, 2.75) is 13.5 Å². The van der Waals surface area contributed by atoms with Crippen molar-refractivity contribution in [2.75, 3.05) is 16.9 Å². The lowest BCUT2D eigenvalue weighted by molar-refractivity contribution is -0.118. The first kappa shape index (κ1) is 20.1. The Morgan fingerprint density at radius 3 is 2.74 bits per heavy atom. The molecule has 0 spiro atoms. The van der Waals surface area contributed by atoms with E-state index in [2.05, 4.69) is 20.7 Å². The molecule has 1 aliphatic heterocycles. The molecule has 0 saturated heterocycles. The van der Waals surface area contributed by atoms with Crippen LogP contribution in [0.25, 0.3) is 0 Å². The fourth-order valence-corrected chi connectivity index (χ4v) is 2.94. The second-order valence-corrected chi connectivity index (χ2v) is 6.93. The van der Waals surface area contributed by atoms with Gasteiger partial charge in [0.05, 0.1) is 11.4 Å². The van der Waals surface area contributed by atoms with Crippen molar-refractivity contribution in [1.29, 1.82) is 0 Å². The Labute approximate surface area is 179 Å². The van der Waals surface area contributed by atoms with Gasteiger partial charge in [-0.1, -0.05) is 29.8 Å². The summed E-state index contributed by atoms with van der Waals surface area (Å²) in [7, 11) is 0. The molecule has 2 amide bonds. The minimum Gasteiger partial charge on any atom is -0.487 e. The zero-order valence-electron chi connectivity index (χ0n) is 16.9. The number of hydrazine groups is 1. The molecule has 0 saturated carbocycles. The van der Waals surface area contributed by atoms with Gasteiger partial charge in [0.25, 0.3) is 11.8 Å². The first-order valence-corrected chi connectivity index (χ1v) is 9.73. The van der Waals surface area contributed by atoms with Crippen LogP contribution < -0.4 is 20.5 Å². The lowest BCUT2D eigenvalue weighted by atomic mass is 10.2. The minimum absolute atomic E-state index is 0.0555. The molecular weight excluding hydrogens is 394 g/mol. The lowest BCUT2D eigenvalue weighted by Crippen LogP contribution is -2.54. The van der Waals surface area contributed by atoms with Crippen LogP contribution in [0.1, 0.15) is 11.3 Å². The van der Waals surface area contributed by atoms with E-state index in [1.54, 1.807) is 30.5 Å². The van der Waals surface area contributed by atoms with Crippen LogP contribution in [0.3, 0.4) is 0 Å². The van der Waals surface area contributed by atoms with Crippen molar-refractivity contribution in [2.24, 2.45) is 4.99 Å². The third kappa shape index (κ3) is 5.05. The van der Waals surface area contributed by atoms with Crippen LogP contribution in [0.2, 0.25) is 0 Å². The lowest BCUT2D eigenvalue weighted by Gasteiger charge is -2.27. The third-order valence-electron chi connectivity index (χ3n) is 4.55. The summed E-state index contributed by atoms with van der Waals surface area (Å²) in [6, 6.07) is 20.1. The number of hydrogen-bond acceptors (Lipinski definition) is 6. The summed E-state index contributed by atoms with van der Waals surface area (Å²) in [5.74, 6) is -0.0461. The monoisotopic (exact) mass is 415 g/mol. The summed E-state index contributed by atoms with van der Waals surface area (Å²) in [6.07, 6.45) is 1.71. The van der Waals surface area contributed by atoms with E-state index in [-0.39, 0.29) is 18.3 Å². The summed E-state index contributed by atoms with van der Waals surface area (Å²) in [5.41, 5.74) is 5.87. The maximum atomic E-state index is 12.7. The van der Waals surface area contributed by atoms with Gasteiger partial charge in [-0.3, -0.25) is 25.0 Å². The second kappa shape index (κ2) is 9.08. The number of nitrogens with zero attached hydrogens (tertiary/aromatic N) is 3. The van der Waals surface area contributed by atoms with Gasteiger partial charge in [0.15, 0.2) is 0 Å². The molecule has 0 fully saturated rings. The van der Waals surface area contributed by atoms with Crippen LogP contribution >= 0.6 is 0 Å². The van der Waals surface area contributed by atoms with Gasteiger partial charge in [-0.25, -0.2) is 5.01 Å². The topological polar surface area (TPSA) is 95.9 Å². The highest BCUT2D eigenvalue weighted by Crippen LogP contribution is 2.19. The number of carbonyl (C=O) groups is 2. The van der Waals surface area contributed by atoms with Gasteiger partial charge in [0, 0.05) is 18.0 Å². The fraction of sp³-hybridized carbons (Fsp3) is 0.130. The highest BCUT2D eigenvalue weighted by Gasteiger charge is 2.25. The van der Waals surface area contributed by atoms with E-state index in [9.17, 15) is 9.59 Å². The number of hydrogen-bond donors (Lipinski definition) is 2. The number of amidine groups is 1. The number of carbonyl (C=O) groups excluding carboxylic acids is 2. The standard InChI is InChI=1S/C23H21N5O3/c1-16-8-10-19(11-9-16)28-21(29)14-25-22(27-28)23(30)26-17-6-4-7-20(13-17)31-15-18-5-2-3-12-24-18/h2-13H,14-15H2,1H3,(H,25,27)(H,26,30). The van der Waals surface area contributed by atoms with Gasteiger partial charge >= 0.3 is 0 Å². The van der Waals surface area contributed by atoms with Crippen molar-refractivity contribution < 1.29 is 14.3 Å². The van der Waals surface area contributed by atoms with Gasteiger partial charge in [0.1, 0.15) is 18.9 Å². The minimum atomic E-state index is -0.452. The normalized spacial score (nSPS) is 13.3. The SMILES string of the molecule is Cc1ccc(N2NC(C(=O)Nc3cccc(OCc4ccccn4)c3)=NCC2=O)cc1. The average Bonchev–Trinajstić information content (AvgIpc) is 2.79. The maximum absolute atomic E-state index is 12.7. The van der Waals surface area contributed by atoms with Crippen LogP contribution in [0, 0.1) is 6.92 Å². The second-order valence-electron chi connectivity index (χ2n) is 6.93. The average molecular weight is 415 g/mol. The molecule has 0 bridgehead atoms. The zero-order chi connectivity index (χ0) is 21.6. The highest BCUT2D eigenvalue weighted by atomic mass is 16.5. The molecule has 1 aromatic heterocycles. The molecule has 2 aromatic carbocycles. The van der Waals surface area contributed by atoms with Crippen LogP contribution in [-0.2, 0) is 16.2 Å². The molecule has 2 heterocycles. The molecule has 0 unspecified atom stereocenters. The smallest absolute Gasteiger partial charge is 0.292 e. The van der Waals surface area contributed by atoms with E-state index in [0.29, 0.717) is 23.7 Å². The van der Waals surface area contributed by atoms with E-state index < -0.39 is 5.91 Å². The van der Waals surface area contributed by atoms with E-state index in [4.69, 9.17) is 4.74 Å². The van der Waals surface area contributed by atoms with Gasteiger partial charge in [-0.05, 0) is 43.3 Å². The number of nitrogens with one attached hydrogen (secondary N) is 2. The number of aliphatic imine (C=N–C) groups is 1. The van der Waals surface area contributed by atoms with Crippen LogP contribution in [0.5, 0.6) is 5.75 Å². The third-order valence-corrected chi connectivity index (χ3v) is 4.55. The molecule has 0 atom stereocenters. The van der Waals surface area contributed by atoms with Crippen molar-refractivity contribution in [3.8, 4) is 5.75 Å². The van der Waals surface area contributed by atoms with E-state index in [1.807, 2.05) is 49.4 Å². The van der Waals surface area contributed by atoms with Gasteiger partial charge in [0.2, 0.25) is 5.84 Å². The molecule has 3 aromatic rings. The van der Waals surface area contributed by atoms with E-state index in [0.717, 1.165) is 11.3 Å². The number of aryl methyl sites for hydroxylation is 1. The largest absolute Gasteiger partial charge is 0.487 e. The first-order chi connectivity index (χ1) is 15.1. The number of ether oxygens (including phenoxy) is 1. The summed E-state index contributed by atoms with van der Waals surface area (Å²) in [5, 5.41) is 4.11. The number of aromatic nitrogens is 1. The Kier molecular flexibility index (Phi) is 5.89. The molecular formula is C23H21N5O3. The quantitative estimate of drug-likeness (QED) is 0.645. The number of benzene rings is 2. The number of amides is 2. The number of anilines is 2. The summed E-state index contributed by atoms with van der Waals surface area (Å²) in [4.78, 5) is 33.2. The van der Waals surface area contributed by atoms with E-state index >= 15 is 0 Å². The molecule has 0 aliphatic carbocycles. The van der Waals surface area contributed by atoms with Gasteiger partial charge < -0.3 is 10.1 Å². The molecule has 8 nitrogen and oxygen atoms in total. The predicted molar refractivity (Wildman–Crippen MR) is 118 cm³/mol. The molecule has 2 N–H and O–H groups in total. The Morgan fingerprint density at radius 1 is 1.13 bits per heavy atom. The van der Waals surface area contributed by atoms with Crippen LogP contribution in [0.15, 0.2) is 77.9 Å². The van der Waals surface area contributed by atoms with Crippen molar-refractivity contribution >= 4 is 29.0 Å². The maximum Gasteiger partial charge on any atom is 0.292 e. The van der Waals surface area contributed by atoms with Crippen molar-refractivity contribution in [3.63, 3.8) is 0 Å². The number of pyridine rings is 1. The molecule has 4 rings (SSSR count). The highest BCUT2D eigenvalue weighted by molar-refractivity contribution is 6.43. The summed E-state index contributed by atoms with van der Waals surface area (Å²) in [6.45, 7) is 2.17. The summed E-state index contributed by atoms with van der Waals surface area (Å²) < 4.78 is 5.75. The molecule has 1 aliphatic rings. The Bertz CT molecular complexity index is 1110. The zero-order valence-corrected chi connectivity index (χ0v) is 16.9. The predicted octanol–water partition coefficient (Wildman–Crippen LogP) is 2.86. The summed E-state index contributed by atoms with van der Waals surface area (Å²) >= 11 is 0. The molecule has 8 heteroatoms. The first-order valence-electron chi connectivity index (χ1n) is 9.73. The van der Waals surface area contributed by atoms with Crippen molar-refractivity contribution in [3.05, 3.63) is 84.2 Å².